The number of aliphatic hydroxyl groups is 1. The van der Waals surface area contributed by atoms with Crippen molar-refractivity contribution in [1.82, 2.24) is 0 Å². The van der Waals surface area contributed by atoms with E-state index >= 15 is 0 Å². The molecule has 0 aliphatic carbocycles. The molecular formula is C19H27N3O. The highest BCUT2D eigenvalue weighted by molar-refractivity contribution is 6.00. The zero-order valence-corrected chi connectivity index (χ0v) is 14.1. The summed E-state index contributed by atoms with van der Waals surface area (Å²) in [7, 11) is 0. The van der Waals surface area contributed by atoms with Gasteiger partial charge in [-0.25, -0.2) is 0 Å². The van der Waals surface area contributed by atoms with Crippen molar-refractivity contribution in [2.75, 3.05) is 11.5 Å². The molecule has 23 heavy (non-hydrogen) atoms. The number of hydrogen-bond donors (Lipinski definition) is 4. The number of fused-ring (bicyclic) bond motifs is 1. The largest absolute Gasteiger partial charge is 0.509 e. The molecule has 0 heterocycles. The fourth-order valence-electron chi connectivity index (χ4n) is 1.63. The second-order valence-electron chi connectivity index (χ2n) is 4.40. The Morgan fingerprint density at radius 1 is 0.957 bits per heavy atom. The van der Waals surface area contributed by atoms with Crippen molar-refractivity contribution in [3.63, 3.8) is 0 Å². The maximum absolute atomic E-state index is 8.53. The number of allylic oxidation sites excluding steroid dienone is 3. The van der Waals surface area contributed by atoms with Crippen molar-refractivity contribution in [3.05, 3.63) is 72.7 Å². The van der Waals surface area contributed by atoms with E-state index in [1.165, 1.54) is 6.08 Å². The summed E-state index contributed by atoms with van der Waals surface area (Å²) in [5, 5.41) is 10.6. The van der Waals surface area contributed by atoms with Crippen LogP contribution in [0.2, 0.25) is 0 Å². The Balaban J connectivity index is 0.000000396. The number of rotatable bonds is 2. The van der Waals surface area contributed by atoms with Crippen LogP contribution in [-0.4, -0.2) is 5.11 Å². The molecule has 0 aliphatic rings. The third-order valence-electron chi connectivity index (χ3n) is 2.79. The smallest absolute Gasteiger partial charge is 0.108 e. The van der Waals surface area contributed by atoms with Crippen LogP contribution in [0.5, 0.6) is 0 Å². The highest BCUT2D eigenvalue weighted by atomic mass is 16.3. The van der Waals surface area contributed by atoms with Gasteiger partial charge in [-0.3, -0.25) is 0 Å². The first-order chi connectivity index (χ1) is 11.0. The summed E-state index contributed by atoms with van der Waals surface area (Å²) in [6, 6.07) is 11.5. The molecule has 2 aromatic carbocycles. The predicted octanol–water partition coefficient (Wildman–Crippen LogP) is 4.51. The molecule has 0 atom stereocenters. The van der Waals surface area contributed by atoms with Gasteiger partial charge in [0.15, 0.2) is 0 Å². The highest BCUT2D eigenvalue weighted by Gasteiger charge is 1.98. The molecule has 0 amide bonds. The molecule has 124 valence electrons. The summed E-state index contributed by atoms with van der Waals surface area (Å²) in [6.07, 6.45) is 4.76. The summed E-state index contributed by atoms with van der Waals surface area (Å²) >= 11 is 0. The Kier molecular flexibility index (Phi) is 9.44. The van der Waals surface area contributed by atoms with Crippen molar-refractivity contribution in [2.45, 2.75) is 20.8 Å². The maximum atomic E-state index is 8.53. The molecule has 0 fully saturated rings. The minimum atomic E-state index is 0.0137. The second kappa shape index (κ2) is 10.8. The average molecular weight is 313 g/mol. The van der Waals surface area contributed by atoms with E-state index in [4.69, 9.17) is 22.3 Å². The van der Waals surface area contributed by atoms with Crippen LogP contribution in [0.15, 0.2) is 72.7 Å². The Morgan fingerprint density at radius 2 is 1.39 bits per heavy atom. The van der Waals surface area contributed by atoms with Gasteiger partial charge in [0.1, 0.15) is 5.76 Å². The van der Waals surface area contributed by atoms with E-state index in [0.29, 0.717) is 5.70 Å². The SMILES string of the molecule is C=C(O)/C=C\C(N)=C/C.CC.Nc1ccc(N)c2ccccc12. The number of hydrogen-bond acceptors (Lipinski definition) is 4. The van der Waals surface area contributed by atoms with E-state index in [2.05, 4.69) is 6.58 Å². The van der Waals surface area contributed by atoms with Crippen LogP contribution in [0.3, 0.4) is 0 Å². The van der Waals surface area contributed by atoms with Gasteiger partial charge in [-0.05, 0) is 31.2 Å². The van der Waals surface area contributed by atoms with E-state index in [-0.39, 0.29) is 5.76 Å². The number of benzene rings is 2. The van der Waals surface area contributed by atoms with Crippen LogP contribution < -0.4 is 17.2 Å². The van der Waals surface area contributed by atoms with E-state index < -0.39 is 0 Å². The van der Waals surface area contributed by atoms with Crippen LogP contribution >= 0.6 is 0 Å². The van der Waals surface area contributed by atoms with Gasteiger partial charge in [0.05, 0.1) is 0 Å². The number of aliphatic hydroxyl groups excluding tert-OH is 1. The number of nitrogen functional groups attached to an aromatic ring is 2. The molecule has 4 nitrogen and oxygen atoms in total. The molecule has 0 saturated heterocycles. The van der Waals surface area contributed by atoms with Crippen LogP contribution in [0, 0.1) is 0 Å². The van der Waals surface area contributed by atoms with Crippen molar-refractivity contribution < 1.29 is 5.11 Å². The molecule has 0 aliphatic heterocycles. The zero-order chi connectivity index (χ0) is 17.8. The topological polar surface area (TPSA) is 98.3 Å². The quantitative estimate of drug-likeness (QED) is 0.372. The zero-order valence-electron chi connectivity index (χ0n) is 14.1. The van der Waals surface area contributed by atoms with Gasteiger partial charge in [-0.15, -0.1) is 0 Å². The first kappa shape index (κ1) is 20.1. The Labute approximate surface area is 138 Å². The lowest BCUT2D eigenvalue weighted by Gasteiger charge is -2.03. The van der Waals surface area contributed by atoms with Crippen molar-refractivity contribution >= 4 is 22.1 Å². The molecule has 2 rings (SSSR count). The fraction of sp³-hybridized carbons (Fsp3) is 0.158. The minimum absolute atomic E-state index is 0.0137. The van der Waals surface area contributed by atoms with Crippen molar-refractivity contribution in [1.29, 1.82) is 0 Å². The fourth-order valence-corrected chi connectivity index (χ4v) is 1.63. The second-order valence-corrected chi connectivity index (χ2v) is 4.40. The highest BCUT2D eigenvalue weighted by Crippen LogP contribution is 2.25. The lowest BCUT2D eigenvalue weighted by Crippen LogP contribution is -1.91. The summed E-state index contributed by atoms with van der Waals surface area (Å²) in [5.41, 5.74) is 19.1. The normalized spacial score (nSPS) is 10.5. The van der Waals surface area contributed by atoms with Gasteiger partial charge in [0.2, 0.25) is 0 Å². The van der Waals surface area contributed by atoms with Crippen molar-refractivity contribution in [2.24, 2.45) is 5.73 Å². The van der Waals surface area contributed by atoms with E-state index in [0.717, 1.165) is 22.1 Å². The third-order valence-corrected chi connectivity index (χ3v) is 2.79. The Morgan fingerprint density at radius 3 is 1.74 bits per heavy atom. The van der Waals surface area contributed by atoms with Gasteiger partial charge in [-0.1, -0.05) is 50.8 Å². The number of anilines is 2. The third kappa shape index (κ3) is 7.09. The van der Waals surface area contributed by atoms with Crippen LogP contribution in [0.1, 0.15) is 20.8 Å². The van der Waals surface area contributed by atoms with Crippen LogP contribution in [-0.2, 0) is 0 Å². The van der Waals surface area contributed by atoms with Gasteiger partial charge in [0, 0.05) is 27.8 Å². The Bertz CT molecular complexity index is 648. The molecule has 0 spiro atoms. The average Bonchev–Trinajstić information content (AvgIpc) is 2.58. The molecule has 0 bridgehead atoms. The molecular weight excluding hydrogens is 286 g/mol. The van der Waals surface area contributed by atoms with Crippen LogP contribution in [0.25, 0.3) is 10.8 Å². The van der Waals surface area contributed by atoms with Crippen LogP contribution in [0.4, 0.5) is 11.4 Å². The summed E-state index contributed by atoms with van der Waals surface area (Å²) < 4.78 is 0. The molecule has 0 unspecified atom stereocenters. The maximum Gasteiger partial charge on any atom is 0.108 e. The summed E-state index contributed by atoms with van der Waals surface area (Å²) in [4.78, 5) is 0. The monoisotopic (exact) mass is 313 g/mol. The molecule has 4 heteroatoms. The first-order valence-corrected chi connectivity index (χ1v) is 7.46. The molecule has 7 N–H and O–H groups in total. The van der Waals surface area contributed by atoms with E-state index in [1.807, 2.05) is 57.2 Å². The minimum Gasteiger partial charge on any atom is -0.509 e. The van der Waals surface area contributed by atoms with Gasteiger partial charge in [0.25, 0.3) is 0 Å². The molecule has 0 saturated carbocycles. The molecule has 2 aromatic rings. The first-order valence-electron chi connectivity index (χ1n) is 7.46. The molecule has 0 radical (unpaired) electrons. The van der Waals surface area contributed by atoms with Gasteiger partial charge < -0.3 is 22.3 Å². The lowest BCUT2D eigenvalue weighted by atomic mass is 10.1. The summed E-state index contributed by atoms with van der Waals surface area (Å²) in [6.45, 7) is 9.07. The van der Waals surface area contributed by atoms with Gasteiger partial charge >= 0.3 is 0 Å². The number of nitrogens with two attached hydrogens (primary N) is 3. The van der Waals surface area contributed by atoms with Crippen molar-refractivity contribution in [3.8, 4) is 0 Å². The molecule has 0 aromatic heterocycles. The van der Waals surface area contributed by atoms with Gasteiger partial charge in [-0.2, -0.15) is 0 Å². The lowest BCUT2D eigenvalue weighted by molar-refractivity contribution is 0.435. The summed E-state index contributed by atoms with van der Waals surface area (Å²) in [5.74, 6) is 0.0137. The predicted molar refractivity (Wildman–Crippen MR) is 103 cm³/mol. The van der Waals surface area contributed by atoms with E-state index in [9.17, 15) is 0 Å². The van der Waals surface area contributed by atoms with E-state index in [1.54, 1.807) is 12.2 Å². The standard InChI is InChI=1S/C10H10N2.C7H11NO.C2H6/c11-9-5-6-10(12)8-4-2-1-3-7(8)9;1-3-7(8)5-4-6(2)9;1-2/h1-6H,11-12H2;3-5,9H,2,8H2,1H3;1-2H3/b;5-4-,7-3+;. The Hall–Kier alpha value is -2.88.